The van der Waals surface area contributed by atoms with Gasteiger partial charge in [-0.25, -0.2) is 0 Å². The van der Waals surface area contributed by atoms with E-state index in [0.717, 1.165) is 0 Å². The van der Waals surface area contributed by atoms with Crippen LogP contribution in [0.4, 0.5) is 0 Å². The van der Waals surface area contributed by atoms with Gasteiger partial charge in [0.1, 0.15) is 0 Å². The summed E-state index contributed by atoms with van der Waals surface area (Å²) in [6.45, 7) is 20.6. The van der Waals surface area contributed by atoms with Crippen LogP contribution in [-0.2, 0) is 13.5 Å². The molecule has 0 bridgehead atoms. The molecule has 0 aliphatic heterocycles. The van der Waals surface area contributed by atoms with Crippen LogP contribution >= 0.6 is 52.5 Å². The Kier molecular flexibility index (Phi) is 44.4. The molecular weight excluding hydrogens is 608 g/mol. The normalized spacial score (nSPS) is 10.4. The van der Waals surface area contributed by atoms with Crippen molar-refractivity contribution < 1.29 is 13.5 Å². The van der Waals surface area contributed by atoms with Gasteiger partial charge in [-0.05, 0) is 55.5 Å². The predicted molar refractivity (Wildman–Crippen MR) is 133 cm³/mol. The maximum atomic E-state index is 4.97. The first kappa shape index (κ1) is 35.3. The molecule has 0 atom stereocenters. The Labute approximate surface area is 182 Å². The first-order valence-electron chi connectivity index (χ1n) is 9.59. The Morgan fingerprint density at radius 2 is 0.480 bits per heavy atom. The fourth-order valence-electron chi connectivity index (χ4n) is 2.01. The van der Waals surface area contributed by atoms with E-state index in [-0.39, 0.29) is 0 Å². The van der Waals surface area contributed by atoms with Crippen LogP contribution in [0, 0.1) is 0 Å². The van der Waals surface area contributed by atoms with Gasteiger partial charge in [-0.2, -0.15) is 0 Å². The second kappa shape index (κ2) is 31.5. The molecule has 162 valence electrons. The minimum absolute atomic E-state index is 0.446. The summed E-state index contributed by atoms with van der Waals surface area (Å²) in [6.07, 6.45) is 12.8. The van der Waals surface area contributed by atoms with Crippen LogP contribution in [0.5, 0.6) is 0 Å². The van der Waals surface area contributed by atoms with Gasteiger partial charge < -0.3 is 0 Å². The molecule has 0 radical (unpaired) electrons. The van der Waals surface area contributed by atoms with Crippen molar-refractivity contribution in [1.29, 1.82) is 0 Å². The monoisotopic (exact) mass is 652 g/mol. The van der Waals surface area contributed by atoms with Gasteiger partial charge >= 0.3 is 42.2 Å². The van der Waals surface area contributed by atoms with E-state index in [1.54, 1.807) is 0 Å². The Morgan fingerprint density at radius 1 is 0.400 bits per heavy atom. The second-order valence-corrected chi connectivity index (χ2v) is 25.1. The number of hydrogen-bond donors (Lipinski definition) is 0. The van der Waals surface area contributed by atoms with Crippen molar-refractivity contribution in [3.8, 4) is 0 Å². The summed E-state index contributed by atoms with van der Waals surface area (Å²) in [5, 5.41) is 0. The van der Waals surface area contributed by atoms with Crippen molar-refractivity contribution in [2.45, 2.75) is 62.3 Å². The fourth-order valence-corrected chi connectivity index (χ4v) is 6.04. The van der Waals surface area contributed by atoms with Gasteiger partial charge in [-0.1, -0.05) is 62.3 Å². The quantitative estimate of drug-likeness (QED) is 0.218. The number of halogens is 3. The average molecular weight is 653 g/mol. The standard InChI is InChI=1S/3C6H15P.3ClH.Ir/c3*1-4-7(5-2)6-3;;;;/h3*4-6H2,1-3H3;3*1H;/q;;;;;;+3/p-3. The minimum atomic E-state index is -1.92. The molecule has 0 nitrogen and oxygen atoms in total. The van der Waals surface area contributed by atoms with E-state index < -0.39 is 13.5 Å². The molecule has 0 spiro atoms. The van der Waals surface area contributed by atoms with E-state index in [1.165, 1.54) is 55.5 Å². The second-order valence-electron chi connectivity index (χ2n) is 5.00. The maximum absolute atomic E-state index is 4.97. The van der Waals surface area contributed by atoms with Gasteiger partial charge in [-0.15, -0.1) is 23.8 Å². The molecule has 0 heterocycles. The predicted octanol–water partition coefficient (Wildman–Crippen LogP) is 9.65. The molecule has 0 aromatic rings. The van der Waals surface area contributed by atoms with Crippen LogP contribution in [0.3, 0.4) is 0 Å². The number of rotatable bonds is 9. The van der Waals surface area contributed by atoms with E-state index in [9.17, 15) is 0 Å². The molecule has 0 unspecified atom stereocenters. The first-order valence-corrected chi connectivity index (χ1v) is 24.2. The van der Waals surface area contributed by atoms with E-state index in [2.05, 4.69) is 62.3 Å². The van der Waals surface area contributed by atoms with Gasteiger partial charge in [0, 0.05) is 0 Å². The zero-order valence-electron chi connectivity index (χ0n) is 18.2. The fraction of sp³-hybridized carbons (Fsp3) is 1.00. The molecule has 25 heavy (non-hydrogen) atoms. The third-order valence-corrected chi connectivity index (χ3v) is 12.1. The van der Waals surface area contributed by atoms with Gasteiger partial charge in [-0.3, -0.25) is 0 Å². The first-order chi connectivity index (χ1) is 11.8. The molecule has 7 heteroatoms. The molecule has 0 N–H and O–H groups in total. The van der Waals surface area contributed by atoms with E-state index in [4.69, 9.17) is 28.8 Å². The van der Waals surface area contributed by atoms with Crippen LogP contribution < -0.4 is 0 Å². The summed E-state index contributed by atoms with van der Waals surface area (Å²) >= 11 is -1.92. The Balaban J connectivity index is -0.000000120. The molecule has 0 saturated carbocycles. The van der Waals surface area contributed by atoms with E-state index >= 15 is 0 Å². The molecule has 0 amide bonds. The topological polar surface area (TPSA) is 0 Å². The third kappa shape index (κ3) is 38.1. The zero-order chi connectivity index (χ0) is 20.7. The van der Waals surface area contributed by atoms with Crippen LogP contribution in [0.1, 0.15) is 62.3 Å². The Hall–Kier alpha value is 2.81. The van der Waals surface area contributed by atoms with Gasteiger partial charge in [0.2, 0.25) is 0 Å². The van der Waals surface area contributed by atoms with E-state index in [0.29, 0.717) is 23.8 Å². The van der Waals surface area contributed by atoms with Crippen molar-refractivity contribution in [3.63, 3.8) is 0 Å². The summed E-state index contributed by atoms with van der Waals surface area (Å²) < 4.78 is 0. The van der Waals surface area contributed by atoms with Crippen LogP contribution in [0.25, 0.3) is 0 Å². The third-order valence-electron chi connectivity index (χ3n) is 4.02. The molecule has 0 aliphatic rings. The summed E-state index contributed by atoms with van der Waals surface area (Å²) in [4.78, 5) is 0. The summed E-state index contributed by atoms with van der Waals surface area (Å²) in [5.74, 6) is 0. The summed E-state index contributed by atoms with van der Waals surface area (Å²) in [6, 6.07) is 0. The summed E-state index contributed by atoms with van der Waals surface area (Å²) in [5.41, 5.74) is 0. The van der Waals surface area contributed by atoms with E-state index in [1.807, 2.05) is 0 Å². The molecular formula is C18H45Cl3IrP3. The van der Waals surface area contributed by atoms with Crippen molar-refractivity contribution in [3.05, 3.63) is 0 Å². The Bertz CT molecular complexity index is 154. The average Bonchev–Trinajstić information content (AvgIpc) is 2.60. The molecule has 0 fully saturated rings. The van der Waals surface area contributed by atoms with Crippen molar-refractivity contribution in [1.82, 2.24) is 0 Å². The van der Waals surface area contributed by atoms with Crippen molar-refractivity contribution >= 4 is 52.5 Å². The van der Waals surface area contributed by atoms with Crippen molar-refractivity contribution in [2.75, 3.05) is 55.5 Å². The molecule has 0 aromatic heterocycles. The van der Waals surface area contributed by atoms with Crippen molar-refractivity contribution in [2.24, 2.45) is 0 Å². The van der Waals surface area contributed by atoms with Crippen LogP contribution in [0.2, 0.25) is 0 Å². The van der Waals surface area contributed by atoms with Crippen LogP contribution in [-0.4, -0.2) is 55.5 Å². The van der Waals surface area contributed by atoms with Gasteiger partial charge in [0.25, 0.3) is 0 Å². The molecule has 0 aliphatic carbocycles. The molecule has 0 saturated heterocycles. The summed E-state index contributed by atoms with van der Waals surface area (Å²) in [7, 11) is 16.3. The molecule has 0 rings (SSSR count). The zero-order valence-corrected chi connectivity index (χ0v) is 25.5. The molecule has 0 aromatic carbocycles. The SMILES string of the molecule is CCP(CC)CC.CCP(CC)CC.CCP(CC)CC.[Cl][Ir]([Cl])[Cl]. The Morgan fingerprint density at radius 3 is 0.480 bits per heavy atom. The van der Waals surface area contributed by atoms with Crippen LogP contribution in [0.15, 0.2) is 0 Å². The number of hydrogen-bond acceptors (Lipinski definition) is 0. The van der Waals surface area contributed by atoms with Gasteiger partial charge in [0.05, 0.1) is 0 Å². The van der Waals surface area contributed by atoms with Gasteiger partial charge in [0.15, 0.2) is 0 Å².